The van der Waals surface area contributed by atoms with Gasteiger partial charge in [-0.05, 0) is 73.7 Å². The van der Waals surface area contributed by atoms with Crippen molar-refractivity contribution in [2.45, 2.75) is 65.2 Å². The van der Waals surface area contributed by atoms with Crippen LogP contribution in [0.25, 0.3) is 0 Å². The van der Waals surface area contributed by atoms with E-state index in [1.165, 1.54) is 49.0 Å². The fraction of sp³-hybridized carbons (Fsp3) is 0.700. The molecule has 5 unspecified atom stereocenters. The SMILES string of the molecule is C=C(C)C1CCC2(C)CC3c4c(coc4CC3C)CCC12. The van der Waals surface area contributed by atoms with E-state index in [4.69, 9.17) is 4.42 Å². The summed E-state index contributed by atoms with van der Waals surface area (Å²) in [6.45, 7) is 11.5. The minimum Gasteiger partial charge on any atom is -0.469 e. The molecule has 0 radical (unpaired) electrons. The molecule has 1 heteroatoms. The van der Waals surface area contributed by atoms with E-state index in [1.807, 2.05) is 0 Å². The second-order valence-electron chi connectivity index (χ2n) is 8.38. The van der Waals surface area contributed by atoms with E-state index < -0.39 is 0 Å². The summed E-state index contributed by atoms with van der Waals surface area (Å²) in [6, 6.07) is 0. The molecule has 0 bridgehead atoms. The highest BCUT2D eigenvalue weighted by Gasteiger charge is 2.49. The molecule has 0 N–H and O–H groups in total. The molecule has 1 aromatic rings. The molecule has 1 heterocycles. The van der Waals surface area contributed by atoms with E-state index in [0.29, 0.717) is 5.41 Å². The van der Waals surface area contributed by atoms with Crippen LogP contribution >= 0.6 is 0 Å². The average molecular weight is 284 g/mol. The van der Waals surface area contributed by atoms with Gasteiger partial charge in [-0.25, -0.2) is 0 Å². The van der Waals surface area contributed by atoms with Crippen LogP contribution in [0.15, 0.2) is 22.8 Å². The summed E-state index contributed by atoms with van der Waals surface area (Å²) in [7, 11) is 0. The van der Waals surface area contributed by atoms with Gasteiger partial charge in [-0.1, -0.05) is 26.0 Å². The normalized spacial score (nSPS) is 41.3. The van der Waals surface area contributed by atoms with E-state index in [1.54, 1.807) is 5.56 Å². The molecule has 0 aliphatic heterocycles. The van der Waals surface area contributed by atoms with Gasteiger partial charge in [-0.2, -0.15) is 0 Å². The monoisotopic (exact) mass is 284 g/mol. The number of hydrogen-bond acceptors (Lipinski definition) is 1. The zero-order valence-electron chi connectivity index (χ0n) is 13.7. The zero-order chi connectivity index (χ0) is 14.8. The molecule has 1 fully saturated rings. The summed E-state index contributed by atoms with van der Waals surface area (Å²) in [6.07, 6.45) is 9.87. The highest BCUT2D eigenvalue weighted by atomic mass is 16.3. The lowest BCUT2D eigenvalue weighted by molar-refractivity contribution is 0.148. The minimum absolute atomic E-state index is 0.513. The van der Waals surface area contributed by atoms with Crippen LogP contribution in [-0.4, -0.2) is 0 Å². The molecular formula is C20H28O. The Morgan fingerprint density at radius 3 is 2.95 bits per heavy atom. The van der Waals surface area contributed by atoms with Gasteiger partial charge in [0, 0.05) is 12.0 Å². The minimum atomic E-state index is 0.513. The van der Waals surface area contributed by atoms with E-state index in [-0.39, 0.29) is 0 Å². The molecule has 21 heavy (non-hydrogen) atoms. The summed E-state index contributed by atoms with van der Waals surface area (Å²) in [4.78, 5) is 0. The number of furan rings is 1. The highest BCUT2D eigenvalue weighted by Crippen LogP contribution is 2.59. The lowest BCUT2D eigenvalue weighted by Crippen LogP contribution is -2.31. The van der Waals surface area contributed by atoms with Gasteiger partial charge in [-0.15, -0.1) is 0 Å². The van der Waals surface area contributed by atoms with Gasteiger partial charge >= 0.3 is 0 Å². The van der Waals surface area contributed by atoms with Crippen LogP contribution in [0.3, 0.4) is 0 Å². The van der Waals surface area contributed by atoms with Crippen molar-refractivity contribution in [3.8, 4) is 0 Å². The van der Waals surface area contributed by atoms with Crippen molar-refractivity contribution in [2.24, 2.45) is 23.2 Å². The van der Waals surface area contributed by atoms with E-state index >= 15 is 0 Å². The second-order valence-corrected chi connectivity index (χ2v) is 8.38. The van der Waals surface area contributed by atoms with Crippen LogP contribution in [-0.2, 0) is 12.8 Å². The summed E-state index contributed by atoms with van der Waals surface area (Å²) in [5, 5.41) is 0. The molecule has 5 atom stereocenters. The van der Waals surface area contributed by atoms with Crippen molar-refractivity contribution in [3.63, 3.8) is 0 Å². The van der Waals surface area contributed by atoms with Gasteiger partial charge in [0.25, 0.3) is 0 Å². The second kappa shape index (κ2) is 4.51. The Morgan fingerprint density at radius 2 is 2.19 bits per heavy atom. The predicted molar refractivity (Wildman–Crippen MR) is 86.4 cm³/mol. The molecule has 4 rings (SSSR count). The topological polar surface area (TPSA) is 13.1 Å². The number of allylic oxidation sites excluding steroid dienone is 1. The van der Waals surface area contributed by atoms with Gasteiger partial charge in [-0.3, -0.25) is 0 Å². The molecule has 1 nitrogen and oxygen atoms in total. The standard InChI is InChI=1S/C20H28O/c1-12(2)15-7-8-20(4)10-16-13(3)9-18-19(16)14(11-21-18)5-6-17(15)20/h11,13,15-17H,1,5-10H2,2-4H3. The molecule has 3 aliphatic carbocycles. The first-order chi connectivity index (χ1) is 9.99. The van der Waals surface area contributed by atoms with Crippen LogP contribution in [0.2, 0.25) is 0 Å². The quantitative estimate of drug-likeness (QED) is 0.621. The first kappa shape index (κ1) is 13.7. The van der Waals surface area contributed by atoms with Gasteiger partial charge in [0.2, 0.25) is 0 Å². The third kappa shape index (κ3) is 1.89. The Hall–Kier alpha value is -0.980. The maximum atomic E-state index is 5.90. The van der Waals surface area contributed by atoms with Crippen LogP contribution in [0.5, 0.6) is 0 Å². The summed E-state index contributed by atoms with van der Waals surface area (Å²) >= 11 is 0. The molecular weight excluding hydrogens is 256 g/mol. The van der Waals surface area contributed by atoms with Crippen molar-refractivity contribution < 1.29 is 4.42 Å². The Morgan fingerprint density at radius 1 is 1.38 bits per heavy atom. The molecule has 0 amide bonds. The highest BCUT2D eigenvalue weighted by molar-refractivity contribution is 5.38. The summed E-state index contributed by atoms with van der Waals surface area (Å²) in [5.41, 5.74) is 5.06. The van der Waals surface area contributed by atoms with Crippen molar-refractivity contribution >= 4 is 0 Å². The molecule has 0 spiro atoms. The molecule has 114 valence electrons. The van der Waals surface area contributed by atoms with Crippen molar-refractivity contribution in [2.75, 3.05) is 0 Å². The maximum absolute atomic E-state index is 5.90. The Bertz CT molecular complexity index is 581. The molecule has 0 saturated heterocycles. The van der Waals surface area contributed by atoms with Crippen LogP contribution in [0.4, 0.5) is 0 Å². The maximum Gasteiger partial charge on any atom is 0.107 e. The number of aryl methyl sites for hydroxylation is 1. The lowest BCUT2D eigenvalue weighted by atomic mass is 9.65. The number of hydrogen-bond donors (Lipinski definition) is 0. The molecule has 0 aromatic carbocycles. The molecule has 1 saturated carbocycles. The van der Waals surface area contributed by atoms with Crippen LogP contribution < -0.4 is 0 Å². The van der Waals surface area contributed by atoms with Crippen LogP contribution in [0.1, 0.15) is 69.3 Å². The van der Waals surface area contributed by atoms with Gasteiger partial charge in [0.05, 0.1) is 6.26 Å². The predicted octanol–water partition coefficient (Wildman–Crippen LogP) is 5.50. The lowest BCUT2D eigenvalue weighted by Gasteiger charge is -2.39. The fourth-order valence-electron chi connectivity index (χ4n) is 5.83. The van der Waals surface area contributed by atoms with Crippen molar-refractivity contribution in [1.29, 1.82) is 0 Å². The molecule has 1 aromatic heterocycles. The van der Waals surface area contributed by atoms with Crippen molar-refractivity contribution in [3.05, 3.63) is 35.3 Å². The van der Waals surface area contributed by atoms with E-state index in [0.717, 1.165) is 30.1 Å². The average Bonchev–Trinajstić information content (AvgIpc) is 3.01. The first-order valence-electron chi connectivity index (χ1n) is 8.74. The van der Waals surface area contributed by atoms with Gasteiger partial charge in [0.15, 0.2) is 0 Å². The largest absolute Gasteiger partial charge is 0.469 e. The Balaban J connectivity index is 1.74. The third-order valence-corrected chi connectivity index (χ3v) is 7.01. The summed E-state index contributed by atoms with van der Waals surface area (Å²) in [5.74, 6) is 4.39. The van der Waals surface area contributed by atoms with Gasteiger partial charge < -0.3 is 4.42 Å². The number of rotatable bonds is 1. The third-order valence-electron chi connectivity index (χ3n) is 7.01. The van der Waals surface area contributed by atoms with Crippen molar-refractivity contribution in [1.82, 2.24) is 0 Å². The Kier molecular flexibility index (Phi) is 2.93. The fourth-order valence-corrected chi connectivity index (χ4v) is 5.83. The molecule has 3 aliphatic rings. The summed E-state index contributed by atoms with van der Waals surface area (Å²) < 4.78 is 5.90. The zero-order valence-corrected chi connectivity index (χ0v) is 13.7. The van der Waals surface area contributed by atoms with E-state index in [9.17, 15) is 0 Å². The smallest absolute Gasteiger partial charge is 0.107 e. The van der Waals surface area contributed by atoms with E-state index in [2.05, 4.69) is 33.6 Å². The Labute approximate surface area is 128 Å². The van der Waals surface area contributed by atoms with Crippen LogP contribution in [0, 0.1) is 23.2 Å². The first-order valence-corrected chi connectivity index (χ1v) is 8.74. The number of fused-ring (bicyclic) bond motifs is 1. The van der Waals surface area contributed by atoms with Gasteiger partial charge in [0.1, 0.15) is 5.76 Å².